The van der Waals surface area contributed by atoms with Crippen LogP contribution in [0.5, 0.6) is 0 Å². The van der Waals surface area contributed by atoms with E-state index < -0.39 is 30.3 Å². The molecule has 0 bridgehead atoms. The molecule has 0 fully saturated rings. The van der Waals surface area contributed by atoms with Crippen LogP contribution in [-0.2, 0) is 33.3 Å². The molecule has 77 heavy (non-hydrogen) atoms. The van der Waals surface area contributed by atoms with Crippen LogP contribution < -0.4 is 5.11 Å². The molecule has 9 nitrogen and oxygen atoms in total. The summed E-state index contributed by atoms with van der Waals surface area (Å²) in [4.78, 5) is 37.2. The lowest BCUT2D eigenvalue weighted by atomic mass is 10.0. The Morgan fingerprint density at radius 1 is 0.403 bits per heavy atom. The third-order valence-electron chi connectivity index (χ3n) is 12.4. The van der Waals surface area contributed by atoms with Gasteiger partial charge in [0.25, 0.3) is 0 Å². The van der Waals surface area contributed by atoms with Gasteiger partial charge in [0, 0.05) is 6.42 Å². The normalized spacial score (nSPS) is 13.7. The fourth-order valence-electron chi connectivity index (χ4n) is 7.85. The molecule has 0 aliphatic rings. The Morgan fingerprint density at radius 3 is 1.10 bits per heavy atom. The average Bonchev–Trinajstić information content (AvgIpc) is 3.40. The minimum atomic E-state index is -1.65. The third kappa shape index (κ3) is 58.9. The number of quaternary nitrogens is 1. The number of carboxylic acid groups (broad SMARTS) is 1. The smallest absolute Gasteiger partial charge is 0.309 e. The molecule has 0 aromatic carbocycles. The first-order valence-electron chi connectivity index (χ1n) is 30.3. The van der Waals surface area contributed by atoms with Crippen molar-refractivity contribution in [3.63, 3.8) is 0 Å². The van der Waals surface area contributed by atoms with Crippen molar-refractivity contribution in [3.05, 3.63) is 134 Å². The summed E-state index contributed by atoms with van der Waals surface area (Å²) in [6.07, 6.45) is 79.9. The molecule has 0 amide bonds. The maximum atomic E-state index is 12.9. The molecule has 0 rings (SSSR count). The zero-order valence-corrected chi connectivity index (χ0v) is 49.5. The Hall–Kier alpha value is -4.57. The van der Waals surface area contributed by atoms with E-state index in [2.05, 4.69) is 129 Å². The maximum absolute atomic E-state index is 12.9. The first kappa shape index (κ1) is 72.4. The molecule has 0 saturated heterocycles. The first-order valence-corrected chi connectivity index (χ1v) is 30.3. The summed E-state index contributed by atoms with van der Waals surface area (Å²) in [5, 5.41) is 11.8. The lowest BCUT2D eigenvalue weighted by Gasteiger charge is -2.26. The second-order valence-electron chi connectivity index (χ2n) is 20.9. The van der Waals surface area contributed by atoms with E-state index in [9.17, 15) is 19.5 Å². The fourth-order valence-corrected chi connectivity index (χ4v) is 7.85. The second-order valence-corrected chi connectivity index (χ2v) is 20.9. The second kappa shape index (κ2) is 57.6. The van der Waals surface area contributed by atoms with Crippen molar-refractivity contribution < 1.29 is 42.9 Å². The summed E-state index contributed by atoms with van der Waals surface area (Å²) in [6.45, 7) is 4.39. The number of rotatable bonds is 54. The highest BCUT2D eigenvalue weighted by Gasteiger charge is 2.21. The standard InChI is InChI=1S/C68H111NO8/c1-6-8-10-12-14-16-18-20-22-23-24-25-26-27-28-29-30-31-32-33-34-35-36-37-38-39-40-41-42-43-45-47-49-51-53-55-57-59-66(71)77-64(63-76-68(67(72)73)74-61-60-69(3,4)5)62-75-65(70)58-56-54-52-50-48-46-44-21-19-17-15-13-11-9-7-2/h8-11,14-17,20-22,24-25,27-28,30-31,44,48,50,54,56,64,68H,6-7,12-13,18-19,23,26,29,32-43,45-47,49,51-53,55,57-63H2,1-5H3/b10-8-,11-9-,16-14-,17-15-,22-20-,25-24-,28-27-,31-30-,44-21-,50-48-,56-54-. The highest BCUT2D eigenvalue weighted by Crippen LogP contribution is 2.16. The Morgan fingerprint density at radius 2 is 0.740 bits per heavy atom. The van der Waals surface area contributed by atoms with Gasteiger partial charge in [-0.1, -0.05) is 250 Å². The first-order chi connectivity index (χ1) is 37.6. The molecule has 0 aromatic heterocycles. The van der Waals surface area contributed by atoms with Gasteiger partial charge in [-0.2, -0.15) is 0 Å². The van der Waals surface area contributed by atoms with Crippen LogP contribution in [0, 0.1) is 0 Å². The number of carboxylic acids is 1. The molecule has 2 unspecified atom stereocenters. The van der Waals surface area contributed by atoms with Gasteiger partial charge in [-0.15, -0.1) is 0 Å². The summed E-state index contributed by atoms with van der Waals surface area (Å²) in [7, 11) is 5.89. The lowest BCUT2D eigenvalue weighted by Crippen LogP contribution is -2.44. The SMILES string of the molecule is CC/C=C\C/C=C\C/C=C\C/C=C\C/C=C\C/C=C\CCCCCCCCCCCCCCCCCCCCC(=O)OC(COC(=O)C/C=C\C/C=C\C/C=C\C/C=C\C/C=C\CC)COC(OCC[N+](C)(C)C)C(=O)[O-]. The Kier molecular flexibility index (Phi) is 54.2. The van der Waals surface area contributed by atoms with Gasteiger partial charge in [0.2, 0.25) is 0 Å². The molecule has 2 atom stereocenters. The minimum absolute atomic E-state index is 0.0552. The van der Waals surface area contributed by atoms with Crippen molar-refractivity contribution >= 4 is 17.9 Å². The van der Waals surface area contributed by atoms with E-state index in [4.69, 9.17) is 18.9 Å². The van der Waals surface area contributed by atoms with E-state index in [1.54, 1.807) is 6.08 Å². The van der Waals surface area contributed by atoms with E-state index in [1.807, 2.05) is 33.3 Å². The monoisotopic (exact) mass is 1070 g/mol. The predicted octanol–water partition coefficient (Wildman–Crippen LogP) is 16.9. The molecule has 0 saturated carbocycles. The highest BCUT2D eigenvalue weighted by molar-refractivity contribution is 5.71. The Bertz CT molecular complexity index is 1720. The number of esters is 2. The lowest BCUT2D eigenvalue weighted by molar-refractivity contribution is -0.870. The van der Waals surface area contributed by atoms with Crippen molar-refractivity contribution in [3.8, 4) is 0 Å². The van der Waals surface area contributed by atoms with Gasteiger partial charge in [0.05, 0.1) is 46.7 Å². The van der Waals surface area contributed by atoms with Gasteiger partial charge in [-0.05, 0) is 89.9 Å². The molecular weight excluding hydrogens is 959 g/mol. The number of nitrogens with zero attached hydrogens (tertiary/aromatic N) is 1. The molecule has 0 aliphatic heterocycles. The number of unbranched alkanes of at least 4 members (excludes halogenated alkanes) is 18. The van der Waals surface area contributed by atoms with Crippen LogP contribution in [-0.4, -0.2) is 82.3 Å². The van der Waals surface area contributed by atoms with Crippen molar-refractivity contribution in [2.24, 2.45) is 0 Å². The molecular formula is C68H111NO8. The van der Waals surface area contributed by atoms with Crippen LogP contribution in [0.3, 0.4) is 0 Å². The summed E-state index contributed by atoms with van der Waals surface area (Å²) in [5.41, 5.74) is 0. The van der Waals surface area contributed by atoms with Gasteiger partial charge in [-0.3, -0.25) is 9.59 Å². The molecule has 0 radical (unpaired) electrons. The number of hydrogen-bond donors (Lipinski definition) is 0. The number of carbonyl (C=O) groups excluding carboxylic acids is 3. The molecule has 0 aliphatic carbocycles. The van der Waals surface area contributed by atoms with Gasteiger partial charge in [0.1, 0.15) is 13.2 Å². The molecule has 0 aromatic rings. The zero-order chi connectivity index (χ0) is 56.2. The number of carbonyl (C=O) groups is 3. The summed E-state index contributed by atoms with van der Waals surface area (Å²) in [6, 6.07) is 0. The molecule has 436 valence electrons. The third-order valence-corrected chi connectivity index (χ3v) is 12.4. The van der Waals surface area contributed by atoms with Crippen molar-refractivity contribution in [1.29, 1.82) is 0 Å². The Labute approximate surface area is 471 Å². The molecule has 9 heteroatoms. The van der Waals surface area contributed by atoms with E-state index in [-0.39, 0.29) is 32.7 Å². The van der Waals surface area contributed by atoms with Crippen molar-refractivity contribution in [1.82, 2.24) is 0 Å². The van der Waals surface area contributed by atoms with Crippen molar-refractivity contribution in [2.75, 3.05) is 47.5 Å². The van der Waals surface area contributed by atoms with Crippen LogP contribution in [0.25, 0.3) is 0 Å². The van der Waals surface area contributed by atoms with E-state index in [0.717, 1.165) is 83.5 Å². The minimum Gasteiger partial charge on any atom is -0.545 e. The van der Waals surface area contributed by atoms with Crippen LogP contribution in [0.4, 0.5) is 0 Å². The number of hydrogen-bond acceptors (Lipinski definition) is 8. The number of aliphatic carboxylic acids is 1. The Balaban J connectivity index is 4.13. The van der Waals surface area contributed by atoms with Gasteiger partial charge in [0.15, 0.2) is 12.4 Å². The zero-order valence-electron chi connectivity index (χ0n) is 49.5. The van der Waals surface area contributed by atoms with Crippen LogP contribution in [0.15, 0.2) is 134 Å². The number of likely N-dealkylation sites (N-methyl/N-ethyl adjacent to an activating group) is 1. The van der Waals surface area contributed by atoms with Gasteiger partial charge in [-0.25, -0.2) is 0 Å². The van der Waals surface area contributed by atoms with Gasteiger partial charge < -0.3 is 33.3 Å². The highest BCUT2D eigenvalue weighted by atomic mass is 16.7. The van der Waals surface area contributed by atoms with Crippen LogP contribution >= 0.6 is 0 Å². The maximum Gasteiger partial charge on any atom is 0.309 e. The predicted molar refractivity (Wildman–Crippen MR) is 324 cm³/mol. The molecule has 0 spiro atoms. The summed E-state index contributed by atoms with van der Waals surface area (Å²) >= 11 is 0. The van der Waals surface area contributed by atoms with Gasteiger partial charge >= 0.3 is 11.9 Å². The molecule has 0 heterocycles. The van der Waals surface area contributed by atoms with E-state index in [1.165, 1.54) is 96.3 Å². The summed E-state index contributed by atoms with van der Waals surface area (Å²) in [5.74, 6) is -2.45. The summed E-state index contributed by atoms with van der Waals surface area (Å²) < 4.78 is 22.5. The molecule has 0 N–H and O–H groups in total. The topological polar surface area (TPSA) is 111 Å². The van der Waals surface area contributed by atoms with Crippen LogP contribution in [0.1, 0.15) is 219 Å². The van der Waals surface area contributed by atoms with Crippen LogP contribution in [0.2, 0.25) is 0 Å². The largest absolute Gasteiger partial charge is 0.545 e. The quantitative estimate of drug-likeness (QED) is 0.0195. The number of ether oxygens (including phenoxy) is 4. The average molecular weight is 1070 g/mol. The van der Waals surface area contributed by atoms with E-state index in [0.29, 0.717) is 23.9 Å². The van der Waals surface area contributed by atoms with E-state index >= 15 is 0 Å². The number of allylic oxidation sites excluding steroid dienone is 21. The van der Waals surface area contributed by atoms with Crippen molar-refractivity contribution in [2.45, 2.75) is 232 Å². The fraction of sp³-hybridized carbons (Fsp3) is 0.632.